The minimum absolute atomic E-state index is 0.120. The van der Waals surface area contributed by atoms with Gasteiger partial charge in [-0.15, -0.1) is 11.3 Å². The summed E-state index contributed by atoms with van der Waals surface area (Å²) >= 11 is 1.17. The highest BCUT2D eigenvalue weighted by Gasteiger charge is 2.49. The first-order valence-electron chi connectivity index (χ1n) is 8.83. The van der Waals surface area contributed by atoms with Gasteiger partial charge in [-0.1, -0.05) is 19.9 Å². The van der Waals surface area contributed by atoms with E-state index in [9.17, 15) is 18.0 Å². The van der Waals surface area contributed by atoms with E-state index in [1.165, 1.54) is 22.6 Å². The topological polar surface area (TPSA) is 86.8 Å². The second kappa shape index (κ2) is 7.28. The van der Waals surface area contributed by atoms with Crippen molar-refractivity contribution < 1.29 is 18.0 Å². The van der Waals surface area contributed by atoms with Crippen molar-refractivity contribution in [2.75, 3.05) is 13.1 Å². The molecule has 2 fully saturated rings. The molecule has 1 N–H and O–H groups in total. The molecule has 0 aromatic carbocycles. The Morgan fingerprint density at radius 2 is 2.12 bits per heavy atom. The first kappa shape index (κ1) is 19.3. The number of nitrogens with one attached hydrogen (secondary N) is 1. The summed E-state index contributed by atoms with van der Waals surface area (Å²) in [7, 11) is -3.71. The molecule has 26 heavy (non-hydrogen) atoms. The molecule has 0 radical (unpaired) electrons. The van der Waals surface area contributed by atoms with Crippen molar-refractivity contribution >= 4 is 33.2 Å². The number of nitrogens with zero attached hydrogens (tertiary/aromatic N) is 2. The number of sulfonamides is 1. The van der Waals surface area contributed by atoms with Gasteiger partial charge < -0.3 is 10.2 Å². The van der Waals surface area contributed by atoms with Crippen LogP contribution in [-0.4, -0.2) is 60.7 Å². The van der Waals surface area contributed by atoms with Crippen LogP contribution in [0.2, 0.25) is 0 Å². The third kappa shape index (κ3) is 3.65. The molecule has 1 aromatic rings. The number of rotatable bonds is 5. The second-order valence-corrected chi connectivity index (χ2v) is 10.5. The van der Waals surface area contributed by atoms with Gasteiger partial charge in [-0.2, -0.15) is 4.31 Å². The van der Waals surface area contributed by atoms with E-state index in [0.29, 0.717) is 19.4 Å². The number of hydrogen-bond donors (Lipinski definition) is 1. The minimum Gasteiger partial charge on any atom is -0.352 e. The van der Waals surface area contributed by atoms with Crippen molar-refractivity contribution in [3.63, 3.8) is 0 Å². The average Bonchev–Trinajstić information content (AvgIpc) is 3.18. The summed E-state index contributed by atoms with van der Waals surface area (Å²) in [6.45, 7) is 6.15. The lowest BCUT2D eigenvalue weighted by Crippen LogP contribution is -2.61. The summed E-state index contributed by atoms with van der Waals surface area (Å²) in [4.78, 5) is 26.2. The van der Waals surface area contributed by atoms with Crippen LogP contribution >= 0.6 is 11.3 Å². The van der Waals surface area contributed by atoms with Crippen molar-refractivity contribution in [2.45, 2.75) is 55.9 Å². The number of thiophene rings is 1. The highest BCUT2D eigenvalue weighted by molar-refractivity contribution is 7.91. The maximum atomic E-state index is 13.1. The molecule has 2 aliphatic rings. The molecule has 0 unspecified atom stereocenters. The molecule has 2 amide bonds. The first-order chi connectivity index (χ1) is 12.2. The maximum absolute atomic E-state index is 13.1. The van der Waals surface area contributed by atoms with E-state index in [1.54, 1.807) is 22.4 Å². The highest BCUT2D eigenvalue weighted by Crippen LogP contribution is 2.33. The summed E-state index contributed by atoms with van der Waals surface area (Å²) in [5.74, 6) is -0.0951. The van der Waals surface area contributed by atoms with Gasteiger partial charge in [0.1, 0.15) is 10.3 Å². The third-order valence-corrected chi connectivity index (χ3v) is 8.13. The van der Waals surface area contributed by atoms with E-state index in [1.807, 2.05) is 13.8 Å². The lowest BCUT2D eigenvalue weighted by Gasteiger charge is -2.42. The van der Waals surface area contributed by atoms with E-state index in [4.69, 9.17) is 0 Å². The van der Waals surface area contributed by atoms with E-state index in [-0.39, 0.29) is 40.6 Å². The molecule has 0 aliphatic carbocycles. The van der Waals surface area contributed by atoms with E-state index >= 15 is 0 Å². The monoisotopic (exact) mass is 399 g/mol. The van der Waals surface area contributed by atoms with Crippen LogP contribution in [0, 0.1) is 5.92 Å². The SMILES string of the molecule is CC(=O)N[C@H]1C[C@H]2CN(S(=O)(=O)c3cccs3)[C@@H](CC(C)C)C(=O)N2C1. The van der Waals surface area contributed by atoms with Gasteiger partial charge in [0.15, 0.2) is 0 Å². The van der Waals surface area contributed by atoms with Gasteiger partial charge in [-0.25, -0.2) is 8.42 Å². The summed E-state index contributed by atoms with van der Waals surface area (Å²) in [6, 6.07) is 2.28. The first-order valence-corrected chi connectivity index (χ1v) is 11.1. The molecule has 7 nitrogen and oxygen atoms in total. The number of amides is 2. The number of fused-ring (bicyclic) bond motifs is 1. The fourth-order valence-corrected chi connectivity index (χ4v) is 6.61. The summed E-state index contributed by atoms with van der Waals surface area (Å²) in [5, 5.41) is 4.58. The molecule has 2 aliphatic heterocycles. The van der Waals surface area contributed by atoms with Crippen LogP contribution in [0.3, 0.4) is 0 Å². The molecule has 0 bridgehead atoms. The number of carbonyl (C=O) groups is 2. The van der Waals surface area contributed by atoms with E-state index < -0.39 is 16.1 Å². The smallest absolute Gasteiger partial charge is 0.253 e. The van der Waals surface area contributed by atoms with Gasteiger partial charge in [-0.3, -0.25) is 9.59 Å². The van der Waals surface area contributed by atoms with Crippen LogP contribution in [0.15, 0.2) is 21.7 Å². The van der Waals surface area contributed by atoms with Crippen molar-refractivity contribution in [2.24, 2.45) is 5.92 Å². The van der Waals surface area contributed by atoms with Crippen LogP contribution in [0.25, 0.3) is 0 Å². The van der Waals surface area contributed by atoms with Gasteiger partial charge >= 0.3 is 0 Å². The standard InChI is InChI=1S/C17H25N3O4S2/c1-11(2)7-15-17(22)19-9-13(18-12(3)21)8-14(19)10-20(15)26(23,24)16-5-4-6-25-16/h4-6,11,13-15H,7-10H2,1-3H3,(H,18,21)/t13-,14-,15-/m0/s1. The van der Waals surface area contributed by atoms with E-state index in [2.05, 4.69) is 5.32 Å². The Morgan fingerprint density at radius 1 is 1.38 bits per heavy atom. The zero-order valence-electron chi connectivity index (χ0n) is 15.2. The molecule has 3 atom stereocenters. The zero-order valence-corrected chi connectivity index (χ0v) is 16.8. The number of hydrogen-bond acceptors (Lipinski definition) is 5. The Labute approximate surface area is 158 Å². The molecule has 2 saturated heterocycles. The van der Waals surface area contributed by atoms with Crippen LogP contribution in [0.5, 0.6) is 0 Å². The molecule has 9 heteroatoms. The molecule has 0 spiro atoms. The normalized spacial score (nSPS) is 27.0. The average molecular weight is 400 g/mol. The Morgan fingerprint density at radius 3 is 2.69 bits per heavy atom. The molecule has 1 aromatic heterocycles. The largest absolute Gasteiger partial charge is 0.352 e. The molecular weight excluding hydrogens is 374 g/mol. The third-order valence-electron chi connectivity index (χ3n) is 4.88. The van der Waals surface area contributed by atoms with Crippen molar-refractivity contribution in [1.82, 2.24) is 14.5 Å². The lowest BCUT2D eigenvalue weighted by atomic mass is 9.99. The quantitative estimate of drug-likeness (QED) is 0.808. The summed E-state index contributed by atoms with van der Waals surface area (Å²) in [6.07, 6.45) is 1.06. The Balaban J connectivity index is 1.91. The van der Waals surface area contributed by atoms with Gasteiger partial charge in [0, 0.05) is 32.1 Å². The predicted octanol–water partition coefficient (Wildman–Crippen LogP) is 1.27. The van der Waals surface area contributed by atoms with Crippen molar-refractivity contribution in [3.05, 3.63) is 17.5 Å². The molecule has 3 rings (SSSR count). The van der Waals surface area contributed by atoms with Gasteiger partial charge in [0.25, 0.3) is 10.0 Å². The van der Waals surface area contributed by atoms with Crippen LogP contribution in [-0.2, 0) is 19.6 Å². The Bertz CT molecular complexity index is 776. The zero-order chi connectivity index (χ0) is 19.1. The van der Waals surface area contributed by atoms with Crippen molar-refractivity contribution in [1.29, 1.82) is 0 Å². The molecular formula is C17H25N3O4S2. The fraction of sp³-hybridized carbons (Fsp3) is 0.647. The van der Waals surface area contributed by atoms with Crippen molar-refractivity contribution in [3.8, 4) is 0 Å². The Hall–Kier alpha value is -1.45. The molecule has 3 heterocycles. The van der Waals surface area contributed by atoms with Crippen LogP contribution in [0.1, 0.15) is 33.6 Å². The molecule has 0 saturated carbocycles. The van der Waals surface area contributed by atoms with Crippen LogP contribution < -0.4 is 5.32 Å². The number of piperazine rings is 1. The van der Waals surface area contributed by atoms with Crippen LogP contribution in [0.4, 0.5) is 0 Å². The summed E-state index contributed by atoms with van der Waals surface area (Å²) < 4.78 is 27.9. The highest BCUT2D eigenvalue weighted by atomic mass is 32.2. The Kier molecular flexibility index (Phi) is 5.41. The van der Waals surface area contributed by atoms with E-state index in [0.717, 1.165) is 0 Å². The number of carbonyl (C=O) groups excluding carboxylic acids is 2. The fourth-order valence-electron chi connectivity index (χ4n) is 3.86. The molecule has 144 valence electrons. The maximum Gasteiger partial charge on any atom is 0.253 e. The lowest BCUT2D eigenvalue weighted by molar-refractivity contribution is -0.141. The van der Waals surface area contributed by atoms with Gasteiger partial charge in [0.2, 0.25) is 11.8 Å². The minimum atomic E-state index is -3.71. The summed E-state index contributed by atoms with van der Waals surface area (Å²) in [5.41, 5.74) is 0. The second-order valence-electron chi connectivity index (χ2n) is 7.43. The van der Waals surface area contributed by atoms with Gasteiger partial charge in [-0.05, 0) is 30.2 Å². The van der Waals surface area contributed by atoms with Gasteiger partial charge in [0.05, 0.1) is 0 Å². The predicted molar refractivity (Wildman–Crippen MR) is 99.2 cm³/mol.